The molecule has 1 saturated carbocycles. The number of hydrogen-bond donors (Lipinski definition) is 2. The molecule has 0 aromatic carbocycles. The molecule has 0 aliphatic heterocycles. The number of hydrogen-bond acceptors (Lipinski definition) is 5. The minimum absolute atomic E-state index is 0.0660. The van der Waals surface area contributed by atoms with Crippen molar-refractivity contribution in [3.05, 3.63) is 18.0 Å². The van der Waals surface area contributed by atoms with Gasteiger partial charge in [-0.05, 0) is 45.6 Å². The van der Waals surface area contributed by atoms with E-state index < -0.39 is 11.7 Å². The van der Waals surface area contributed by atoms with Crippen LogP contribution in [0, 0.1) is 0 Å². The van der Waals surface area contributed by atoms with Gasteiger partial charge < -0.3 is 10.5 Å². The summed E-state index contributed by atoms with van der Waals surface area (Å²) in [4.78, 5) is 19.7. The zero-order valence-corrected chi connectivity index (χ0v) is 11.6. The number of nitrogens with two attached hydrogens (primary N) is 1. The Morgan fingerprint density at radius 3 is 2.47 bits per heavy atom. The van der Waals surface area contributed by atoms with Crippen LogP contribution < -0.4 is 11.1 Å². The van der Waals surface area contributed by atoms with E-state index in [2.05, 4.69) is 15.3 Å². The predicted molar refractivity (Wildman–Crippen MR) is 71.7 cm³/mol. The molecule has 6 nitrogen and oxygen atoms in total. The molecule has 6 heteroatoms. The average molecular weight is 264 g/mol. The zero-order chi connectivity index (χ0) is 14.1. The molecule has 3 N–H and O–H groups in total. The van der Waals surface area contributed by atoms with Gasteiger partial charge in [-0.3, -0.25) is 5.32 Å². The molecule has 19 heavy (non-hydrogen) atoms. The van der Waals surface area contributed by atoms with Crippen LogP contribution in [0.5, 0.6) is 0 Å². The molecule has 104 valence electrons. The maximum Gasteiger partial charge on any atom is 0.414 e. The highest BCUT2D eigenvalue weighted by atomic mass is 16.6. The molecule has 0 atom stereocenters. The van der Waals surface area contributed by atoms with Crippen LogP contribution in [0.2, 0.25) is 0 Å². The Balaban J connectivity index is 1.89. The zero-order valence-electron chi connectivity index (χ0n) is 11.6. The smallest absolute Gasteiger partial charge is 0.414 e. The van der Waals surface area contributed by atoms with Crippen LogP contribution in [0.25, 0.3) is 0 Å². The van der Waals surface area contributed by atoms with Crippen molar-refractivity contribution in [1.82, 2.24) is 9.97 Å². The lowest BCUT2D eigenvalue weighted by Crippen LogP contribution is -2.28. The second kappa shape index (κ2) is 4.77. The molecular formula is C13H20N4O2. The van der Waals surface area contributed by atoms with Gasteiger partial charge in [-0.2, -0.15) is 0 Å². The van der Waals surface area contributed by atoms with Crippen LogP contribution in [0.15, 0.2) is 12.4 Å². The summed E-state index contributed by atoms with van der Waals surface area (Å²) in [6, 6.07) is 0. The fourth-order valence-corrected chi connectivity index (χ4v) is 1.65. The lowest BCUT2D eigenvalue weighted by molar-refractivity contribution is 0.0634. The minimum atomic E-state index is -0.558. The molecule has 1 heterocycles. The molecule has 1 fully saturated rings. The summed E-state index contributed by atoms with van der Waals surface area (Å²) in [5.41, 5.74) is 6.40. The monoisotopic (exact) mass is 264 g/mol. The topological polar surface area (TPSA) is 90.1 Å². The summed E-state index contributed by atoms with van der Waals surface area (Å²) in [5, 5.41) is 2.49. The van der Waals surface area contributed by atoms with E-state index in [9.17, 15) is 4.79 Å². The molecule has 0 radical (unpaired) electrons. The SMILES string of the molecule is CC(C)(C)OC(=O)Nc1ncc(CC2(N)CC2)cn1. The van der Waals surface area contributed by atoms with Gasteiger partial charge in [0.2, 0.25) is 5.95 Å². The van der Waals surface area contributed by atoms with Crippen LogP contribution in [-0.2, 0) is 11.2 Å². The number of carbonyl (C=O) groups is 1. The van der Waals surface area contributed by atoms with E-state index in [0.717, 1.165) is 24.8 Å². The van der Waals surface area contributed by atoms with Crippen molar-refractivity contribution in [3.63, 3.8) is 0 Å². The van der Waals surface area contributed by atoms with Gasteiger partial charge in [-0.25, -0.2) is 14.8 Å². The van der Waals surface area contributed by atoms with Gasteiger partial charge in [-0.15, -0.1) is 0 Å². The summed E-state index contributed by atoms with van der Waals surface area (Å²) in [6.45, 7) is 5.40. The largest absolute Gasteiger partial charge is 0.444 e. The quantitative estimate of drug-likeness (QED) is 0.869. The van der Waals surface area contributed by atoms with Crippen molar-refractivity contribution in [2.45, 2.75) is 51.2 Å². The first kappa shape index (κ1) is 13.7. The van der Waals surface area contributed by atoms with Gasteiger partial charge in [0.15, 0.2) is 0 Å². The van der Waals surface area contributed by atoms with Gasteiger partial charge >= 0.3 is 6.09 Å². The Morgan fingerprint density at radius 2 is 2.00 bits per heavy atom. The van der Waals surface area contributed by atoms with Crippen molar-refractivity contribution < 1.29 is 9.53 Å². The van der Waals surface area contributed by atoms with E-state index in [1.165, 1.54) is 0 Å². The molecular weight excluding hydrogens is 244 g/mol. The van der Waals surface area contributed by atoms with Gasteiger partial charge in [0, 0.05) is 17.9 Å². The highest BCUT2D eigenvalue weighted by molar-refractivity contribution is 5.82. The first-order valence-corrected chi connectivity index (χ1v) is 6.36. The Hall–Kier alpha value is -1.69. The summed E-state index contributed by atoms with van der Waals surface area (Å²) in [6.07, 6.45) is 5.69. The van der Waals surface area contributed by atoms with Gasteiger partial charge in [-0.1, -0.05) is 0 Å². The number of ether oxygens (including phenoxy) is 1. The Kier molecular flexibility index (Phi) is 3.45. The predicted octanol–water partition coefficient (Wildman–Crippen LogP) is 1.86. The Labute approximate surface area is 112 Å². The van der Waals surface area contributed by atoms with Crippen molar-refractivity contribution in [2.24, 2.45) is 5.73 Å². The number of nitrogens with zero attached hydrogens (tertiary/aromatic N) is 2. The summed E-state index contributed by atoms with van der Waals surface area (Å²) < 4.78 is 5.11. The second-order valence-electron chi connectivity index (χ2n) is 6.08. The number of carbonyl (C=O) groups excluding carboxylic acids is 1. The minimum Gasteiger partial charge on any atom is -0.444 e. The van der Waals surface area contributed by atoms with E-state index in [1.54, 1.807) is 33.2 Å². The van der Waals surface area contributed by atoms with E-state index in [0.29, 0.717) is 0 Å². The van der Waals surface area contributed by atoms with Crippen molar-refractivity contribution in [3.8, 4) is 0 Å². The maximum atomic E-state index is 11.5. The first-order valence-electron chi connectivity index (χ1n) is 6.36. The Morgan fingerprint density at radius 1 is 1.42 bits per heavy atom. The highest BCUT2D eigenvalue weighted by Crippen LogP contribution is 2.35. The third-order valence-corrected chi connectivity index (χ3v) is 2.77. The molecule has 1 aromatic heterocycles. The molecule has 1 amide bonds. The molecule has 1 aliphatic carbocycles. The molecule has 2 rings (SSSR count). The summed E-state index contributed by atoms with van der Waals surface area (Å²) in [5.74, 6) is 0.236. The third-order valence-electron chi connectivity index (χ3n) is 2.77. The van der Waals surface area contributed by atoms with Crippen LogP contribution in [0.3, 0.4) is 0 Å². The van der Waals surface area contributed by atoms with Crippen LogP contribution in [-0.4, -0.2) is 27.2 Å². The normalized spacial score (nSPS) is 16.8. The number of amides is 1. The van der Waals surface area contributed by atoms with Crippen molar-refractivity contribution in [2.75, 3.05) is 5.32 Å². The number of nitrogens with one attached hydrogen (secondary N) is 1. The summed E-state index contributed by atoms with van der Waals surface area (Å²) >= 11 is 0. The van der Waals surface area contributed by atoms with Gasteiger partial charge in [0.05, 0.1) is 0 Å². The van der Waals surface area contributed by atoms with E-state index in [1.807, 2.05) is 0 Å². The van der Waals surface area contributed by atoms with Crippen molar-refractivity contribution >= 4 is 12.0 Å². The second-order valence-corrected chi connectivity index (χ2v) is 6.08. The maximum absolute atomic E-state index is 11.5. The van der Waals surface area contributed by atoms with E-state index in [4.69, 9.17) is 10.5 Å². The van der Waals surface area contributed by atoms with E-state index >= 15 is 0 Å². The van der Waals surface area contributed by atoms with Crippen LogP contribution in [0.4, 0.5) is 10.7 Å². The van der Waals surface area contributed by atoms with E-state index in [-0.39, 0.29) is 11.5 Å². The number of rotatable bonds is 3. The molecule has 0 bridgehead atoms. The lowest BCUT2D eigenvalue weighted by Gasteiger charge is -2.19. The standard InChI is InChI=1S/C13H20N4O2/c1-12(2,3)19-11(18)17-10-15-7-9(8-16-10)6-13(14)4-5-13/h7-8H,4-6,14H2,1-3H3,(H,15,16,17,18). The molecule has 0 unspecified atom stereocenters. The fraction of sp³-hybridized carbons (Fsp3) is 0.615. The fourth-order valence-electron chi connectivity index (χ4n) is 1.65. The number of aromatic nitrogens is 2. The molecule has 0 saturated heterocycles. The van der Waals surface area contributed by atoms with Gasteiger partial charge in [0.1, 0.15) is 5.60 Å². The third kappa shape index (κ3) is 4.48. The number of anilines is 1. The average Bonchev–Trinajstić information content (AvgIpc) is 2.96. The molecule has 1 aliphatic rings. The van der Waals surface area contributed by atoms with Crippen LogP contribution >= 0.6 is 0 Å². The Bertz CT molecular complexity index is 461. The lowest BCUT2D eigenvalue weighted by atomic mass is 10.1. The first-order chi connectivity index (χ1) is 8.76. The summed E-state index contributed by atoms with van der Waals surface area (Å²) in [7, 11) is 0. The molecule has 1 aromatic rings. The van der Waals surface area contributed by atoms with Crippen LogP contribution in [0.1, 0.15) is 39.2 Å². The van der Waals surface area contributed by atoms with Crippen molar-refractivity contribution in [1.29, 1.82) is 0 Å². The molecule has 0 spiro atoms. The van der Waals surface area contributed by atoms with Gasteiger partial charge in [0.25, 0.3) is 0 Å². The highest BCUT2D eigenvalue weighted by Gasteiger charge is 2.38.